The van der Waals surface area contributed by atoms with Crippen LogP contribution in [0.3, 0.4) is 0 Å². The number of benzene rings is 2. The number of nitrogens with one attached hydrogen (secondary N) is 1. The Bertz CT molecular complexity index is 1060. The summed E-state index contributed by atoms with van der Waals surface area (Å²) in [6.07, 6.45) is 0. The first-order chi connectivity index (χ1) is 15.5. The summed E-state index contributed by atoms with van der Waals surface area (Å²) in [5, 5.41) is 4.93. The Morgan fingerprint density at radius 2 is 1.94 bits per heavy atom. The van der Waals surface area contributed by atoms with Crippen molar-refractivity contribution in [3.8, 4) is 11.5 Å². The fourth-order valence-corrected chi connectivity index (χ4v) is 4.27. The molecule has 0 aliphatic carbocycles. The molecular formula is C24H28N4O3S. The van der Waals surface area contributed by atoms with Gasteiger partial charge in [0.05, 0.1) is 18.3 Å². The molecular weight excluding hydrogens is 424 g/mol. The number of likely N-dealkylation sites (N-methyl/N-ethyl adjacent to an activating group) is 1. The SMILES string of the molecule is COc1cc(C(=O)Nc2ccc(N3CCN(C)CC3)c(C)c2)ccc1OCc1cscn1. The number of methoxy groups -OCH3 is 1. The minimum absolute atomic E-state index is 0.193. The van der Waals surface area contributed by atoms with E-state index in [2.05, 4.69) is 40.1 Å². The van der Waals surface area contributed by atoms with Crippen LogP contribution in [-0.4, -0.2) is 56.1 Å². The van der Waals surface area contributed by atoms with E-state index in [0.717, 1.165) is 43.1 Å². The van der Waals surface area contributed by atoms with Gasteiger partial charge in [-0.1, -0.05) is 0 Å². The van der Waals surface area contributed by atoms with Gasteiger partial charge < -0.3 is 24.6 Å². The maximum absolute atomic E-state index is 12.8. The second-order valence-corrected chi connectivity index (χ2v) is 8.60. The Morgan fingerprint density at radius 1 is 1.12 bits per heavy atom. The Balaban J connectivity index is 1.42. The molecule has 32 heavy (non-hydrogen) atoms. The highest BCUT2D eigenvalue weighted by atomic mass is 32.1. The molecule has 0 atom stereocenters. The van der Waals surface area contributed by atoms with Crippen molar-refractivity contribution in [2.45, 2.75) is 13.5 Å². The van der Waals surface area contributed by atoms with E-state index in [0.29, 0.717) is 23.7 Å². The lowest BCUT2D eigenvalue weighted by Crippen LogP contribution is -2.44. The number of carbonyl (C=O) groups is 1. The number of anilines is 2. The highest BCUT2D eigenvalue weighted by Gasteiger charge is 2.17. The Hall–Kier alpha value is -3.10. The first-order valence-corrected chi connectivity index (χ1v) is 11.5. The number of hydrogen-bond acceptors (Lipinski definition) is 7. The molecule has 0 radical (unpaired) electrons. The Kier molecular flexibility index (Phi) is 6.92. The lowest BCUT2D eigenvalue weighted by Gasteiger charge is -2.35. The molecule has 0 unspecified atom stereocenters. The number of carbonyl (C=O) groups excluding carboxylic acids is 1. The molecule has 0 bridgehead atoms. The van der Waals surface area contributed by atoms with Gasteiger partial charge >= 0.3 is 0 Å². The quantitative estimate of drug-likeness (QED) is 0.584. The third kappa shape index (κ3) is 5.20. The van der Waals surface area contributed by atoms with E-state index in [1.807, 2.05) is 17.5 Å². The van der Waals surface area contributed by atoms with Crippen LogP contribution < -0.4 is 19.7 Å². The van der Waals surface area contributed by atoms with Crippen molar-refractivity contribution in [1.82, 2.24) is 9.88 Å². The van der Waals surface area contributed by atoms with Crippen LogP contribution in [0, 0.1) is 6.92 Å². The van der Waals surface area contributed by atoms with Gasteiger partial charge in [-0.25, -0.2) is 4.98 Å². The van der Waals surface area contributed by atoms with Gasteiger partial charge in [0.1, 0.15) is 6.61 Å². The van der Waals surface area contributed by atoms with Crippen molar-refractivity contribution < 1.29 is 14.3 Å². The predicted molar refractivity (Wildman–Crippen MR) is 128 cm³/mol. The van der Waals surface area contributed by atoms with Crippen molar-refractivity contribution in [2.24, 2.45) is 0 Å². The zero-order chi connectivity index (χ0) is 22.5. The van der Waals surface area contributed by atoms with Crippen LogP contribution in [0.5, 0.6) is 11.5 Å². The van der Waals surface area contributed by atoms with Crippen LogP contribution in [0.25, 0.3) is 0 Å². The second kappa shape index (κ2) is 10.0. The lowest BCUT2D eigenvalue weighted by molar-refractivity contribution is 0.102. The molecule has 168 valence electrons. The third-order valence-electron chi connectivity index (χ3n) is 5.58. The van der Waals surface area contributed by atoms with Crippen LogP contribution in [0.15, 0.2) is 47.3 Å². The molecule has 0 saturated carbocycles. The third-order valence-corrected chi connectivity index (χ3v) is 6.22. The van der Waals surface area contributed by atoms with Gasteiger partial charge in [0.15, 0.2) is 11.5 Å². The van der Waals surface area contributed by atoms with Gasteiger partial charge in [-0.2, -0.15) is 0 Å². The highest BCUT2D eigenvalue weighted by molar-refractivity contribution is 7.07. The summed E-state index contributed by atoms with van der Waals surface area (Å²) in [7, 11) is 3.71. The Morgan fingerprint density at radius 3 is 2.62 bits per heavy atom. The number of piperazine rings is 1. The van der Waals surface area contributed by atoms with Crippen LogP contribution in [0.4, 0.5) is 11.4 Å². The predicted octanol–water partition coefficient (Wildman–Crippen LogP) is 4.04. The number of aromatic nitrogens is 1. The number of rotatable bonds is 7. The maximum Gasteiger partial charge on any atom is 0.255 e. The number of hydrogen-bond donors (Lipinski definition) is 1. The van der Waals surface area contributed by atoms with Crippen molar-refractivity contribution >= 4 is 28.6 Å². The first kappa shape index (κ1) is 22.1. The molecule has 0 spiro atoms. The summed E-state index contributed by atoms with van der Waals surface area (Å²) in [4.78, 5) is 21.8. The molecule has 1 aliphatic heterocycles. The molecule has 4 rings (SSSR count). The van der Waals surface area contributed by atoms with Crippen molar-refractivity contribution in [3.05, 3.63) is 64.1 Å². The largest absolute Gasteiger partial charge is 0.493 e. The lowest BCUT2D eigenvalue weighted by atomic mass is 10.1. The molecule has 1 aliphatic rings. The minimum atomic E-state index is -0.193. The van der Waals surface area contributed by atoms with Crippen molar-refractivity contribution in [3.63, 3.8) is 0 Å². The number of nitrogens with zero attached hydrogens (tertiary/aromatic N) is 3. The number of amides is 1. The molecule has 1 fully saturated rings. The number of thiazole rings is 1. The molecule has 3 aromatic rings. The summed E-state index contributed by atoms with van der Waals surface area (Å²) in [5.41, 5.74) is 6.27. The van der Waals surface area contributed by atoms with E-state index in [-0.39, 0.29) is 5.91 Å². The van der Waals surface area contributed by atoms with Gasteiger partial charge in [-0.05, 0) is 55.9 Å². The summed E-state index contributed by atoms with van der Waals surface area (Å²) < 4.78 is 11.2. The van der Waals surface area contributed by atoms with Gasteiger partial charge in [-0.15, -0.1) is 11.3 Å². The van der Waals surface area contributed by atoms with Gasteiger partial charge in [0, 0.05) is 48.5 Å². The van der Waals surface area contributed by atoms with E-state index in [9.17, 15) is 4.79 Å². The number of aryl methyl sites for hydroxylation is 1. The molecule has 1 N–H and O–H groups in total. The Labute approximate surface area is 192 Å². The van der Waals surface area contributed by atoms with Crippen molar-refractivity contribution in [1.29, 1.82) is 0 Å². The van der Waals surface area contributed by atoms with E-state index in [1.54, 1.807) is 30.8 Å². The molecule has 2 heterocycles. The van der Waals surface area contributed by atoms with E-state index < -0.39 is 0 Å². The fraction of sp³-hybridized carbons (Fsp3) is 0.333. The van der Waals surface area contributed by atoms with E-state index in [1.165, 1.54) is 17.0 Å². The summed E-state index contributed by atoms with van der Waals surface area (Å²) in [6, 6.07) is 11.3. The molecule has 1 saturated heterocycles. The fourth-order valence-electron chi connectivity index (χ4n) is 3.73. The summed E-state index contributed by atoms with van der Waals surface area (Å²) >= 11 is 1.52. The van der Waals surface area contributed by atoms with Gasteiger partial charge in [0.25, 0.3) is 5.91 Å². The zero-order valence-corrected chi connectivity index (χ0v) is 19.4. The van der Waals surface area contributed by atoms with E-state index in [4.69, 9.17) is 9.47 Å². The number of ether oxygens (including phenoxy) is 2. The van der Waals surface area contributed by atoms with Gasteiger partial charge in [0.2, 0.25) is 0 Å². The maximum atomic E-state index is 12.8. The minimum Gasteiger partial charge on any atom is -0.493 e. The van der Waals surface area contributed by atoms with Crippen LogP contribution in [-0.2, 0) is 6.61 Å². The van der Waals surface area contributed by atoms with Crippen molar-refractivity contribution in [2.75, 3.05) is 50.6 Å². The molecule has 8 heteroatoms. The normalized spacial score (nSPS) is 14.3. The molecule has 2 aromatic carbocycles. The summed E-state index contributed by atoms with van der Waals surface area (Å²) in [6.45, 7) is 6.58. The molecule has 7 nitrogen and oxygen atoms in total. The molecule has 1 amide bonds. The smallest absolute Gasteiger partial charge is 0.255 e. The van der Waals surface area contributed by atoms with Crippen LogP contribution in [0.1, 0.15) is 21.6 Å². The average Bonchev–Trinajstić information content (AvgIpc) is 3.32. The average molecular weight is 453 g/mol. The topological polar surface area (TPSA) is 66.9 Å². The van der Waals surface area contributed by atoms with Gasteiger partial charge in [-0.3, -0.25) is 4.79 Å². The zero-order valence-electron chi connectivity index (χ0n) is 18.6. The monoisotopic (exact) mass is 452 g/mol. The van der Waals surface area contributed by atoms with Crippen LogP contribution >= 0.6 is 11.3 Å². The van der Waals surface area contributed by atoms with E-state index >= 15 is 0 Å². The first-order valence-electron chi connectivity index (χ1n) is 10.6. The standard InChI is InChI=1S/C24H28N4O3S/c1-17-12-19(5-6-21(17)28-10-8-27(2)9-11-28)26-24(29)18-4-7-22(23(13-18)30-3)31-14-20-15-32-16-25-20/h4-7,12-13,15-16H,8-11,14H2,1-3H3,(H,26,29). The highest BCUT2D eigenvalue weighted by Crippen LogP contribution is 2.30. The van der Waals surface area contributed by atoms with Crippen LogP contribution in [0.2, 0.25) is 0 Å². The second-order valence-electron chi connectivity index (χ2n) is 7.88. The molecule has 1 aromatic heterocycles. The summed E-state index contributed by atoms with van der Waals surface area (Å²) in [5.74, 6) is 0.889.